The van der Waals surface area contributed by atoms with Gasteiger partial charge in [0.2, 0.25) is 0 Å². The molecule has 1 aromatic carbocycles. The highest BCUT2D eigenvalue weighted by Crippen LogP contribution is 2.30. The van der Waals surface area contributed by atoms with Gasteiger partial charge in [0.1, 0.15) is 17.8 Å². The highest BCUT2D eigenvalue weighted by Gasteiger charge is 2.15. The fraction of sp³-hybridized carbons (Fsp3) is 0.167. The lowest BCUT2D eigenvalue weighted by Crippen LogP contribution is -2.11. The van der Waals surface area contributed by atoms with E-state index in [1.165, 1.54) is 31.5 Å². The van der Waals surface area contributed by atoms with Gasteiger partial charge in [0, 0.05) is 6.20 Å². The van der Waals surface area contributed by atoms with Crippen LogP contribution in [0.4, 0.5) is 4.39 Å². The number of rotatable bonds is 3. The monoisotopic (exact) mass is 249 g/mol. The van der Waals surface area contributed by atoms with E-state index in [0.717, 1.165) is 0 Å². The Morgan fingerprint density at radius 2 is 2.17 bits per heavy atom. The number of hydrogen-bond donors (Lipinski definition) is 2. The Kier molecular flexibility index (Phi) is 3.50. The van der Waals surface area contributed by atoms with Crippen molar-refractivity contribution in [3.8, 4) is 17.1 Å². The van der Waals surface area contributed by atoms with E-state index in [2.05, 4.69) is 9.97 Å². The van der Waals surface area contributed by atoms with E-state index in [9.17, 15) is 9.50 Å². The van der Waals surface area contributed by atoms with Crippen molar-refractivity contribution in [3.05, 3.63) is 42.0 Å². The Bertz CT molecular complexity index is 561. The molecule has 0 radical (unpaired) electrons. The number of benzene rings is 1. The zero-order chi connectivity index (χ0) is 13.1. The summed E-state index contributed by atoms with van der Waals surface area (Å²) in [6.45, 7) is 0. The van der Waals surface area contributed by atoms with Crippen LogP contribution in [0.5, 0.6) is 5.75 Å². The normalized spacial score (nSPS) is 12.2. The molecule has 1 atom stereocenters. The number of nitrogens with two attached hydrogens (primary N) is 1. The third-order valence-electron chi connectivity index (χ3n) is 2.40. The van der Waals surface area contributed by atoms with Gasteiger partial charge in [0.25, 0.3) is 0 Å². The molecule has 3 N–H and O–H groups in total. The summed E-state index contributed by atoms with van der Waals surface area (Å²) in [6.07, 6.45) is 0.170. The quantitative estimate of drug-likeness (QED) is 0.800. The molecule has 18 heavy (non-hydrogen) atoms. The standard InChI is InChI=1S/C12H12FN3O2/c1-18-9-4-2-3-7(13)10(9)12-15-6-5-8(16-12)11(14)17/h2-6,11,17H,14H2,1H3. The number of hydrogen-bond acceptors (Lipinski definition) is 5. The van der Waals surface area contributed by atoms with E-state index in [1.54, 1.807) is 6.07 Å². The van der Waals surface area contributed by atoms with Gasteiger partial charge in [-0.25, -0.2) is 14.4 Å². The molecular formula is C12H12FN3O2. The van der Waals surface area contributed by atoms with Crippen LogP contribution in [0.3, 0.4) is 0 Å². The fourth-order valence-corrected chi connectivity index (χ4v) is 1.55. The van der Waals surface area contributed by atoms with Crippen LogP contribution in [0.15, 0.2) is 30.5 Å². The van der Waals surface area contributed by atoms with Crippen LogP contribution < -0.4 is 10.5 Å². The second-order valence-corrected chi connectivity index (χ2v) is 3.57. The second kappa shape index (κ2) is 5.07. The molecule has 2 aromatic rings. The first-order chi connectivity index (χ1) is 8.63. The molecule has 1 heterocycles. The van der Waals surface area contributed by atoms with E-state index in [1.807, 2.05) is 0 Å². The molecule has 0 bridgehead atoms. The summed E-state index contributed by atoms with van der Waals surface area (Å²) in [4.78, 5) is 7.97. The van der Waals surface area contributed by atoms with E-state index < -0.39 is 12.0 Å². The predicted octanol–water partition coefficient (Wildman–Crippen LogP) is 1.24. The molecule has 0 aliphatic heterocycles. The van der Waals surface area contributed by atoms with Crippen molar-refractivity contribution < 1.29 is 14.2 Å². The molecule has 0 fully saturated rings. The van der Waals surface area contributed by atoms with Crippen LogP contribution >= 0.6 is 0 Å². The topological polar surface area (TPSA) is 81.3 Å². The van der Waals surface area contributed by atoms with Gasteiger partial charge < -0.3 is 15.6 Å². The maximum Gasteiger partial charge on any atom is 0.166 e. The molecule has 6 heteroatoms. The van der Waals surface area contributed by atoms with Crippen LogP contribution in [-0.2, 0) is 0 Å². The highest BCUT2D eigenvalue weighted by molar-refractivity contribution is 5.64. The van der Waals surface area contributed by atoms with Gasteiger partial charge in [-0.3, -0.25) is 0 Å². The third-order valence-corrected chi connectivity index (χ3v) is 2.40. The summed E-state index contributed by atoms with van der Waals surface area (Å²) >= 11 is 0. The maximum atomic E-state index is 13.8. The first-order valence-corrected chi connectivity index (χ1v) is 5.23. The molecule has 1 aromatic heterocycles. The second-order valence-electron chi connectivity index (χ2n) is 3.57. The lowest BCUT2D eigenvalue weighted by atomic mass is 10.1. The summed E-state index contributed by atoms with van der Waals surface area (Å²) in [5, 5.41) is 9.25. The third kappa shape index (κ3) is 2.29. The van der Waals surface area contributed by atoms with Gasteiger partial charge in [-0.15, -0.1) is 0 Å². The Morgan fingerprint density at radius 1 is 1.39 bits per heavy atom. The molecule has 0 aliphatic carbocycles. The predicted molar refractivity (Wildman–Crippen MR) is 63.1 cm³/mol. The summed E-state index contributed by atoms with van der Waals surface area (Å²) in [7, 11) is 1.43. The number of ether oxygens (including phenoxy) is 1. The molecule has 1 unspecified atom stereocenters. The molecule has 5 nitrogen and oxygen atoms in total. The number of halogens is 1. The van der Waals surface area contributed by atoms with Crippen molar-refractivity contribution in [1.29, 1.82) is 0 Å². The molecule has 0 aliphatic rings. The first-order valence-electron chi connectivity index (χ1n) is 5.23. The molecule has 0 spiro atoms. The summed E-state index contributed by atoms with van der Waals surface area (Å²) in [5.41, 5.74) is 5.66. The number of methoxy groups -OCH3 is 1. The summed E-state index contributed by atoms with van der Waals surface area (Å²) in [6, 6.07) is 5.88. The molecular weight excluding hydrogens is 237 g/mol. The van der Waals surface area contributed by atoms with Gasteiger partial charge in [-0.1, -0.05) is 6.07 Å². The van der Waals surface area contributed by atoms with Crippen molar-refractivity contribution in [2.45, 2.75) is 6.23 Å². The lowest BCUT2D eigenvalue weighted by molar-refractivity contribution is 0.181. The van der Waals surface area contributed by atoms with Crippen molar-refractivity contribution in [1.82, 2.24) is 9.97 Å². The van der Waals surface area contributed by atoms with Crippen molar-refractivity contribution in [2.24, 2.45) is 5.73 Å². The smallest absolute Gasteiger partial charge is 0.166 e. The molecule has 2 rings (SSSR count). The maximum absolute atomic E-state index is 13.8. The average Bonchev–Trinajstić information content (AvgIpc) is 2.38. The highest BCUT2D eigenvalue weighted by atomic mass is 19.1. The number of nitrogens with zero attached hydrogens (tertiary/aromatic N) is 2. The number of aromatic nitrogens is 2. The zero-order valence-electron chi connectivity index (χ0n) is 9.67. The molecule has 0 amide bonds. The first kappa shape index (κ1) is 12.4. The zero-order valence-corrected chi connectivity index (χ0v) is 9.67. The van der Waals surface area contributed by atoms with E-state index in [0.29, 0.717) is 5.75 Å². The molecule has 0 saturated heterocycles. The van der Waals surface area contributed by atoms with Gasteiger partial charge in [0.15, 0.2) is 5.82 Å². The van der Waals surface area contributed by atoms with Gasteiger partial charge >= 0.3 is 0 Å². The fourth-order valence-electron chi connectivity index (χ4n) is 1.55. The van der Waals surface area contributed by atoms with E-state index >= 15 is 0 Å². The minimum atomic E-state index is -1.23. The summed E-state index contributed by atoms with van der Waals surface area (Å²) < 4.78 is 18.9. The average molecular weight is 249 g/mol. The molecule has 94 valence electrons. The van der Waals surface area contributed by atoms with Gasteiger partial charge in [0.05, 0.1) is 18.4 Å². The summed E-state index contributed by atoms with van der Waals surface area (Å²) in [5.74, 6) is -0.0661. The van der Waals surface area contributed by atoms with E-state index in [-0.39, 0.29) is 17.1 Å². The van der Waals surface area contributed by atoms with Crippen molar-refractivity contribution in [3.63, 3.8) is 0 Å². The minimum Gasteiger partial charge on any atom is -0.496 e. The number of aliphatic hydroxyl groups is 1. The van der Waals surface area contributed by atoms with Crippen LogP contribution in [0.25, 0.3) is 11.4 Å². The van der Waals surface area contributed by atoms with Gasteiger partial charge in [-0.05, 0) is 18.2 Å². The van der Waals surface area contributed by atoms with Crippen molar-refractivity contribution >= 4 is 0 Å². The SMILES string of the molecule is COc1cccc(F)c1-c1nccc(C(N)O)n1. The van der Waals surface area contributed by atoms with Crippen LogP contribution in [-0.4, -0.2) is 22.2 Å². The Labute approximate surface area is 103 Å². The molecule has 0 saturated carbocycles. The van der Waals surface area contributed by atoms with Crippen molar-refractivity contribution in [2.75, 3.05) is 7.11 Å². The van der Waals surface area contributed by atoms with Crippen LogP contribution in [0, 0.1) is 5.82 Å². The Balaban J connectivity index is 2.58. The minimum absolute atomic E-state index is 0.118. The van der Waals surface area contributed by atoms with Crippen LogP contribution in [0.2, 0.25) is 0 Å². The Hall–Kier alpha value is -2.05. The van der Waals surface area contributed by atoms with E-state index in [4.69, 9.17) is 10.5 Å². The van der Waals surface area contributed by atoms with Gasteiger partial charge in [-0.2, -0.15) is 0 Å². The van der Waals surface area contributed by atoms with Crippen LogP contribution in [0.1, 0.15) is 11.9 Å². The number of aliphatic hydroxyl groups excluding tert-OH is 1. The largest absolute Gasteiger partial charge is 0.496 e. The lowest BCUT2D eigenvalue weighted by Gasteiger charge is -2.10. The Morgan fingerprint density at radius 3 is 2.83 bits per heavy atom.